The third-order valence-electron chi connectivity index (χ3n) is 3.46. The molecular weight excluding hydrogens is 260 g/mol. The van der Waals surface area contributed by atoms with E-state index in [1.807, 2.05) is 11.8 Å². The van der Waals surface area contributed by atoms with Crippen molar-refractivity contribution in [3.8, 4) is 0 Å². The highest BCUT2D eigenvalue weighted by molar-refractivity contribution is 7.99. The monoisotopic (exact) mass is 284 g/mol. The van der Waals surface area contributed by atoms with Gasteiger partial charge in [-0.2, -0.15) is 11.8 Å². The minimum atomic E-state index is 0.475. The Labute approximate surface area is 119 Å². The van der Waals surface area contributed by atoms with Crippen molar-refractivity contribution in [3.63, 3.8) is 0 Å². The van der Waals surface area contributed by atoms with Crippen LogP contribution in [0.3, 0.4) is 0 Å². The topological polar surface area (TPSA) is 63.0 Å². The summed E-state index contributed by atoms with van der Waals surface area (Å²) in [5, 5.41) is 15.5. The molecule has 1 fully saturated rings. The Bertz CT molecular complexity index is 371. The first kappa shape index (κ1) is 14.7. The molecule has 1 aliphatic rings. The van der Waals surface area contributed by atoms with Crippen LogP contribution >= 0.6 is 11.8 Å². The lowest BCUT2D eigenvalue weighted by Gasteiger charge is -2.27. The molecule has 6 heteroatoms. The summed E-state index contributed by atoms with van der Waals surface area (Å²) in [4.78, 5) is 0. The number of nitrogens with zero attached hydrogens (tertiary/aromatic N) is 2. The lowest BCUT2D eigenvalue weighted by molar-refractivity contribution is 0.441. The molecule has 0 saturated heterocycles. The van der Waals surface area contributed by atoms with Gasteiger partial charge >= 0.3 is 6.01 Å². The summed E-state index contributed by atoms with van der Waals surface area (Å²) in [7, 11) is 0. The first-order chi connectivity index (χ1) is 9.31. The third-order valence-corrected chi connectivity index (χ3v) is 4.55. The quantitative estimate of drug-likeness (QED) is 0.751. The number of aromatic nitrogens is 2. The molecule has 0 aromatic carbocycles. The minimum absolute atomic E-state index is 0.475. The summed E-state index contributed by atoms with van der Waals surface area (Å²) < 4.78 is 5.60. The second-order valence-corrected chi connectivity index (χ2v) is 6.18. The van der Waals surface area contributed by atoms with Gasteiger partial charge in [-0.15, -0.1) is 5.10 Å². The molecule has 0 radical (unpaired) electrons. The van der Waals surface area contributed by atoms with E-state index in [1.54, 1.807) is 0 Å². The molecule has 2 atom stereocenters. The molecule has 1 aromatic rings. The van der Waals surface area contributed by atoms with Crippen LogP contribution in [0.1, 0.15) is 44.9 Å². The summed E-state index contributed by atoms with van der Waals surface area (Å²) in [6, 6.07) is 1.04. The Morgan fingerprint density at radius 2 is 2.26 bits per heavy atom. The maximum atomic E-state index is 5.60. The van der Waals surface area contributed by atoms with E-state index in [1.165, 1.54) is 25.7 Å². The van der Waals surface area contributed by atoms with E-state index in [9.17, 15) is 0 Å². The summed E-state index contributed by atoms with van der Waals surface area (Å²) in [5.41, 5.74) is 0. The van der Waals surface area contributed by atoms with Crippen LogP contribution < -0.4 is 10.6 Å². The van der Waals surface area contributed by atoms with Crippen LogP contribution in [0.25, 0.3) is 0 Å². The minimum Gasteiger partial charge on any atom is -0.407 e. The molecule has 2 unspecified atom stereocenters. The van der Waals surface area contributed by atoms with Crippen molar-refractivity contribution in [3.05, 3.63) is 5.89 Å². The molecule has 1 heterocycles. The number of anilines is 1. The molecule has 0 spiro atoms. The van der Waals surface area contributed by atoms with Gasteiger partial charge in [-0.05, 0) is 38.5 Å². The zero-order valence-electron chi connectivity index (χ0n) is 11.8. The molecule has 5 nitrogen and oxygen atoms in total. The fraction of sp³-hybridized carbons (Fsp3) is 0.846. The second-order valence-electron chi connectivity index (χ2n) is 5.04. The van der Waals surface area contributed by atoms with Gasteiger partial charge in [0.15, 0.2) is 0 Å². The molecule has 2 N–H and O–H groups in total. The van der Waals surface area contributed by atoms with Gasteiger partial charge in [0.1, 0.15) is 0 Å². The molecular formula is C13H24N4OS. The largest absolute Gasteiger partial charge is 0.407 e. The van der Waals surface area contributed by atoms with Crippen LogP contribution in [0.5, 0.6) is 0 Å². The Hall–Kier alpha value is -0.750. The molecule has 2 rings (SSSR count). The Morgan fingerprint density at radius 3 is 3.05 bits per heavy atom. The van der Waals surface area contributed by atoms with E-state index in [0.29, 0.717) is 24.5 Å². The molecule has 108 valence electrons. The second kappa shape index (κ2) is 7.75. The molecule has 0 aliphatic heterocycles. The van der Waals surface area contributed by atoms with Gasteiger partial charge in [0.2, 0.25) is 5.89 Å². The molecule has 1 aliphatic carbocycles. The highest BCUT2D eigenvalue weighted by Crippen LogP contribution is 2.28. The van der Waals surface area contributed by atoms with Crippen LogP contribution in [0.2, 0.25) is 0 Å². The van der Waals surface area contributed by atoms with E-state index in [-0.39, 0.29) is 0 Å². The number of rotatable bonds is 7. The van der Waals surface area contributed by atoms with Gasteiger partial charge in [-0.25, -0.2) is 0 Å². The van der Waals surface area contributed by atoms with Gasteiger partial charge in [0.05, 0.1) is 6.54 Å². The van der Waals surface area contributed by atoms with E-state index in [0.717, 1.165) is 18.2 Å². The van der Waals surface area contributed by atoms with E-state index < -0.39 is 0 Å². The third kappa shape index (κ3) is 4.69. The molecule has 0 bridgehead atoms. The van der Waals surface area contributed by atoms with Crippen molar-refractivity contribution in [2.24, 2.45) is 0 Å². The highest BCUT2D eigenvalue weighted by Gasteiger charge is 2.22. The predicted molar refractivity (Wildman–Crippen MR) is 79.5 cm³/mol. The Kier molecular flexibility index (Phi) is 5.97. The van der Waals surface area contributed by atoms with Crippen LogP contribution in [0.4, 0.5) is 6.01 Å². The number of hydrogen-bond acceptors (Lipinski definition) is 6. The first-order valence-corrected chi connectivity index (χ1v) is 8.43. The summed E-state index contributed by atoms with van der Waals surface area (Å²) in [6.07, 6.45) is 8.29. The number of hydrogen-bond donors (Lipinski definition) is 2. The van der Waals surface area contributed by atoms with Gasteiger partial charge < -0.3 is 15.1 Å². The average molecular weight is 284 g/mol. The zero-order valence-corrected chi connectivity index (χ0v) is 12.6. The van der Waals surface area contributed by atoms with Gasteiger partial charge in [-0.1, -0.05) is 18.4 Å². The van der Waals surface area contributed by atoms with Crippen molar-refractivity contribution in [2.75, 3.05) is 18.1 Å². The van der Waals surface area contributed by atoms with E-state index in [2.05, 4.69) is 34.0 Å². The summed E-state index contributed by atoms with van der Waals surface area (Å²) in [6.45, 7) is 3.77. The number of nitrogens with one attached hydrogen (secondary N) is 2. The Balaban J connectivity index is 1.78. The lowest BCUT2D eigenvalue weighted by Crippen LogP contribution is -2.28. The van der Waals surface area contributed by atoms with Crippen LogP contribution in [0, 0.1) is 0 Å². The van der Waals surface area contributed by atoms with Crippen molar-refractivity contribution in [2.45, 2.75) is 56.9 Å². The van der Waals surface area contributed by atoms with Gasteiger partial charge in [0, 0.05) is 11.3 Å². The highest BCUT2D eigenvalue weighted by atomic mass is 32.2. The first-order valence-electron chi connectivity index (χ1n) is 7.14. The number of thioether (sulfide) groups is 1. The summed E-state index contributed by atoms with van der Waals surface area (Å²) >= 11 is 1.96. The average Bonchev–Trinajstić information content (AvgIpc) is 2.87. The van der Waals surface area contributed by atoms with Gasteiger partial charge in [-0.3, -0.25) is 0 Å². The van der Waals surface area contributed by atoms with Crippen molar-refractivity contribution < 1.29 is 4.42 Å². The van der Waals surface area contributed by atoms with E-state index >= 15 is 0 Å². The molecule has 0 amide bonds. The van der Waals surface area contributed by atoms with Gasteiger partial charge in [0.25, 0.3) is 0 Å². The maximum absolute atomic E-state index is 5.60. The van der Waals surface area contributed by atoms with Crippen molar-refractivity contribution in [1.82, 2.24) is 15.5 Å². The van der Waals surface area contributed by atoms with Crippen LogP contribution in [-0.4, -0.2) is 34.3 Å². The molecule has 1 aromatic heterocycles. The SMILES string of the molecule is CCCNCc1nnc(NC2CCCC(SC)C2)o1. The van der Waals surface area contributed by atoms with E-state index in [4.69, 9.17) is 4.42 Å². The predicted octanol–water partition coefficient (Wildman–Crippen LogP) is 2.66. The standard InChI is InChI=1S/C13H24N4OS/c1-3-7-14-9-12-16-17-13(18-12)15-10-5-4-6-11(8-10)19-2/h10-11,14H,3-9H2,1-2H3,(H,15,17). The van der Waals surface area contributed by atoms with Crippen molar-refractivity contribution in [1.29, 1.82) is 0 Å². The summed E-state index contributed by atoms with van der Waals surface area (Å²) in [5.74, 6) is 0.660. The molecule has 1 saturated carbocycles. The van der Waals surface area contributed by atoms with Crippen LogP contribution in [0.15, 0.2) is 4.42 Å². The maximum Gasteiger partial charge on any atom is 0.315 e. The Morgan fingerprint density at radius 1 is 1.37 bits per heavy atom. The fourth-order valence-corrected chi connectivity index (χ4v) is 3.25. The van der Waals surface area contributed by atoms with Crippen LogP contribution in [-0.2, 0) is 6.54 Å². The smallest absolute Gasteiger partial charge is 0.315 e. The zero-order chi connectivity index (χ0) is 13.5. The fourth-order valence-electron chi connectivity index (χ4n) is 2.42. The van der Waals surface area contributed by atoms with Crippen molar-refractivity contribution >= 4 is 17.8 Å². The normalized spacial score (nSPS) is 23.5. The molecule has 19 heavy (non-hydrogen) atoms. The lowest BCUT2D eigenvalue weighted by atomic mass is 9.95.